The van der Waals surface area contributed by atoms with Crippen molar-refractivity contribution in [3.05, 3.63) is 93.5 Å². The van der Waals surface area contributed by atoms with Crippen molar-refractivity contribution in [1.29, 1.82) is 0 Å². The fraction of sp³-hybridized carbons (Fsp3) is 0.174. The molecule has 3 aromatic carbocycles. The fourth-order valence-electron chi connectivity index (χ4n) is 3.56. The van der Waals surface area contributed by atoms with Crippen LogP contribution in [0.2, 0.25) is 10.0 Å². The van der Waals surface area contributed by atoms with Gasteiger partial charge < -0.3 is 14.8 Å². The lowest BCUT2D eigenvalue weighted by Crippen LogP contribution is -2.25. The van der Waals surface area contributed by atoms with E-state index in [1.54, 1.807) is 14.2 Å². The van der Waals surface area contributed by atoms with Crippen LogP contribution >= 0.6 is 23.2 Å². The molecule has 4 rings (SSSR count). The van der Waals surface area contributed by atoms with Gasteiger partial charge in [0.05, 0.1) is 25.8 Å². The Balaban J connectivity index is 1.79. The molecule has 1 N–H and O–H groups in total. The Bertz CT molecular complexity index is 1030. The Morgan fingerprint density at radius 2 is 1.41 bits per heavy atom. The van der Waals surface area contributed by atoms with Gasteiger partial charge in [0, 0.05) is 10.0 Å². The number of hydrogen-bond acceptors (Lipinski definition) is 4. The van der Waals surface area contributed by atoms with Gasteiger partial charge in [-0.25, -0.2) is 0 Å². The zero-order chi connectivity index (χ0) is 20.4. The highest BCUT2D eigenvalue weighted by Gasteiger charge is 2.33. The molecule has 0 amide bonds. The van der Waals surface area contributed by atoms with Crippen molar-refractivity contribution in [1.82, 2.24) is 5.32 Å². The molecule has 29 heavy (non-hydrogen) atoms. The molecule has 148 valence electrons. The highest BCUT2D eigenvalue weighted by Crippen LogP contribution is 2.40. The van der Waals surface area contributed by atoms with Gasteiger partial charge in [0.1, 0.15) is 11.9 Å². The van der Waals surface area contributed by atoms with Gasteiger partial charge in [-0.3, -0.25) is 4.99 Å². The van der Waals surface area contributed by atoms with Crippen molar-refractivity contribution in [2.45, 2.75) is 12.1 Å². The number of hydrogen-bond donors (Lipinski definition) is 1. The molecule has 2 atom stereocenters. The zero-order valence-corrected chi connectivity index (χ0v) is 17.5. The predicted octanol–water partition coefficient (Wildman–Crippen LogP) is 5.84. The molecule has 0 saturated heterocycles. The lowest BCUT2D eigenvalue weighted by molar-refractivity contribution is 0.354. The lowest BCUT2D eigenvalue weighted by atomic mass is 9.95. The number of halogens is 2. The number of ether oxygens (including phenoxy) is 2. The van der Waals surface area contributed by atoms with Crippen LogP contribution in [-0.4, -0.2) is 20.1 Å². The van der Waals surface area contributed by atoms with Crippen molar-refractivity contribution >= 4 is 29.0 Å². The number of para-hydroxylation sites is 1. The van der Waals surface area contributed by atoms with E-state index in [9.17, 15) is 0 Å². The third kappa shape index (κ3) is 3.91. The van der Waals surface area contributed by atoms with Gasteiger partial charge in [-0.05, 0) is 47.5 Å². The van der Waals surface area contributed by atoms with Gasteiger partial charge in [0.15, 0.2) is 11.5 Å². The Morgan fingerprint density at radius 1 is 0.793 bits per heavy atom. The van der Waals surface area contributed by atoms with Crippen molar-refractivity contribution in [2.24, 2.45) is 4.99 Å². The molecule has 3 aromatic rings. The Morgan fingerprint density at radius 3 is 2.00 bits per heavy atom. The standard InChI is InChI=1S/C23H20Cl2N2O2/c1-28-19-5-3-4-18(22(19)29-2)23-26-20(14-6-10-16(24)11-7-14)21(27-23)15-8-12-17(25)13-9-15/h3-13,20-21H,1-2H3,(H,26,27). The first-order chi connectivity index (χ1) is 14.1. The molecule has 0 fully saturated rings. The lowest BCUT2D eigenvalue weighted by Gasteiger charge is -2.20. The van der Waals surface area contributed by atoms with E-state index in [1.807, 2.05) is 66.7 Å². The molecule has 2 unspecified atom stereocenters. The summed E-state index contributed by atoms with van der Waals surface area (Å²) >= 11 is 12.2. The van der Waals surface area contributed by atoms with Crippen LogP contribution in [0.4, 0.5) is 0 Å². The summed E-state index contributed by atoms with van der Waals surface area (Å²) in [6, 6.07) is 21.2. The van der Waals surface area contributed by atoms with E-state index in [0.717, 1.165) is 22.5 Å². The topological polar surface area (TPSA) is 42.8 Å². The van der Waals surface area contributed by atoms with E-state index < -0.39 is 0 Å². The monoisotopic (exact) mass is 426 g/mol. The smallest absolute Gasteiger partial charge is 0.171 e. The van der Waals surface area contributed by atoms with Gasteiger partial charge in [-0.1, -0.05) is 53.5 Å². The van der Waals surface area contributed by atoms with Crippen LogP contribution in [0, 0.1) is 0 Å². The number of methoxy groups -OCH3 is 2. The normalized spacial score (nSPS) is 18.1. The average molecular weight is 427 g/mol. The van der Waals surface area contributed by atoms with Crippen LogP contribution in [-0.2, 0) is 0 Å². The third-order valence-corrected chi connectivity index (χ3v) is 5.48. The number of aliphatic imine (C=N–C) groups is 1. The SMILES string of the molecule is COc1cccc(C2=NC(c3ccc(Cl)cc3)C(c3ccc(Cl)cc3)N2)c1OC. The van der Waals surface area contributed by atoms with E-state index >= 15 is 0 Å². The average Bonchev–Trinajstić information content (AvgIpc) is 3.19. The second-order valence-corrected chi connectivity index (χ2v) is 7.56. The van der Waals surface area contributed by atoms with Gasteiger partial charge in [-0.2, -0.15) is 0 Å². The van der Waals surface area contributed by atoms with E-state index in [2.05, 4.69) is 5.32 Å². The first-order valence-electron chi connectivity index (χ1n) is 9.17. The Kier molecular flexibility index (Phi) is 5.65. The maximum absolute atomic E-state index is 6.09. The fourth-order valence-corrected chi connectivity index (χ4v) is 3.81. The first-order valence-corrected chi connectivity index (χ1v) is 9.93. The minimum Gasteiger partial charge on any atom is -0.493 e. The maximum Gasteiger partial charge on any atom is 0.171 e. The second-order valence-electron chi connectivity index (χ2n) is 6.69. The molecule has 0 aromatic heterocycles. The van der Waals surface area contributed by atoms with Crippen LogP contribution in [0.5, 0.6) is 11.5 Å². The molecule has 0 aliphatic carbocycles. The summed E-state index contributed by atoms with van der Waals surface area (Å²) in [7, 11) is 3.25. The molecule has 1 heterocycles. The Labute approximate surface area is 180 Å². The van der Waals surface area contributed by atoms with Crippen molar-refractivity contribution < 1.29 is 9.47 Å². The van der Waals surface area contributed by atoms with Gasteiger partial charge in [-0.15, -0.1) is 0 Å². The largest absolute Gasteiger partial charge is 0.493 e. The molecule has 1 aliphatic rings. The van der Waals surface area contributed by atoms with Crippen LogP contribution in [0.1, 0.15) is 28.8 Å². The molecule has 0 radical (unpaired) electrons. The minimum absolute atomic E-state index is 0.0562. The molecule has 0 saturated carbocycles. The van der Waals surface area contributed by atoms with Crippen molar-refractivity contribution in [3.8, 4) is 11.5 Å². The summed E-state index contributed by atoms with van der Waals surface area (Å²) in [4.78, 5) is 5.02. The summed E-state index contributed by atoms with van der Waals surface area (Å²) in [6.45, 7) is 0. The molecule has 0 bridgehead atoms. The summed E-state index contributed by atoms with van der Waals surface area (Å²) < 4.78 is 11.1. The number of rotatable bonds is 5. The van der Waals surface area contributed by atoms with Crippen LogP contribution in [0.3, 0.4) is 0 Å². The summed E-state index contributed by atoms with van der Waals surface area (Å²) in [6.07, 6.45) is 0. The minimum atomic E-state index is -0.126. The summed E-state index contributed by atoms with van der Waals surface area (Å²) in [5.74, 6) is 2.06. The summed E-state index contributed by atoms with van der Waals surface area (Å²) in [5.41, 5.74) is 3.01. The van der Waals surface area contributed by atoms with Crippen LogP contribution < -0.4 is 14.8 Å². The van der Waals surface area contributed by atoms with Gasteiger partial charge in [0.2, 0.25) is 0 Å². The highest BCUT2D eigenvalue weighted by atomic mass is 35.5. The molecular formula is C23H20Cl2N2O2. The second kappa shape index (κ2) is 8.36. The van der Waals surface area contributed by atoms with Crippen molar-refractivity contribution in [3.63, 3.8) is 0 Å². The zero-order valence-electron chi connectivity index (χ0n) is 16.0. The van der Waals surface area contributed by atoms with E-state index in [4.69, 9.17) is 37.7 Å². The molecule has 4 nitrogen and oxygen atoms in total. The molecule has 1 aliphatic heterocycles. The van der Waals surface area contributed by atoms with E-state index in [0.29, 0.717) is 21.5 Å². The number of nitrogens with zero attached hydrogens (tertiary/aromatic N) is 1. The molecule has 6 heteroatoms. The van der Waals surface area contributed by atoms with Gasteiger partial charge >= 0.3 is 0 Å². The van der Waals surface area contributed by atoms with Crippen LogP contribution in [0.15, 0.2) is 71.7 Å². The van der Waals surface area contributed by atoms with Crippen LogP contribution in [0.25, 0.3) is 0 Å². The first kappa shape index (κ1) is 19.6. The summed E-state index contributed by atoms with van der Waals surface area (Å²) in [5, 5.41) is 4.97. The van der Waals surface area contributed by atoms with Gasteiger partial charge in [0.25, 0.3) is 0 Å². The van der Waals surface area contributed by atoms with E-state index in [1.165, 1.54) is 0 Å². The number of benzene rings is 3. The third-order valence-electron chi connectivity index (χ3n) is 4.97. The maximum atomic E-state index is 6.09. The predicted molar refractivity (Wildman–Crippen MR) is 118 cm³/mol. The number of nitrogens with one attached hydrogen (secondary N) is 1. The van der Waals surface area contributed by atoms with Crippen molar-refractivity contribution in [2.75, 3.05) is 14.2 Å². The molecular weight excluding hydrogens is 407 g/mol. The quantitative estimate of drug-likeness (QED) is 0.556. The number of amidine groups is 1. The van der Waals surface area contributed by atoms with E-state index in [-0.39, 0.29) is 12.1 Å². The molecule has 0 spiro atoms. The highest BCUT2D eigenvalue weighted by molar-refractivity contribution is 6.30. The Hall–Kier alpha value is -2.69.